The van der Waals surface area contributed by atoms with E-state index in [-0.39, 0.29) is 5.69 Å². The fraction of sp³-hybridized carbons (Fsp3) is 0. The highest BCUT2D eigenvalue weighted by Crippen LogP contribution is 2.45. The lowest BCUT2D eigenvalue weighted by Gasteiger charge is -1.96. The first-order chi connectivity index (χ1) is 8.31. The van der Waals surface area contributed by atoms with Gasteiger partial charge in [0.1, 0.15) is 0 Å². The summed E-state index contributed by atoms with van der Waals surface area (Å²) >= 11 is 0. The molecule has 4 nitrogen and oxygen atoms in total. The maximum atomic E-state index is 11.5. The van der Waals surface area contributed by atoms with Gasteiger partial charge in [-0.2, -0.15) is 0 Å². The summed E-state index contributed by atoms with van der Waals surface area (Å²) in [5.74, 6) is 0. The number of aromatic amines is 1. The van der Waals surface area contributed by atoms with Crippen molar-refractivity contribution in [1.29, 1.82) is 0 Å². The minimum absolute atomic E-state index is 0.0107. The average molecular weight is 262 g/mol. The molecule has 3 rings (SSSR count). The molecule has 0 radical (unpaired) electrons. The number of hydrogen-bond acceptors (Lipinski definition) is 5. The van der Waals surface area contributed by atoms with Gasteiger partial charge in [-0.05, 0) is 10.7 Å². The summed E-state index contributed by atoms with van der Waals surface area (Å²) in [6, 6.07) is 9.75. The third-order valence-electron chi connectivity index (χ3n) is 2.46. The monoisotopic (exact) mass is 262 g/mol. The van der Waals surface area contributed by atoms with Crippen molar-refractivity contribution in [1.82, 2.24) is 4.98 Å². The van der Waals surface area contributed by atoms with Gasteiger partial charge in [-0.3, -0.25) is 4.79 Å². The van der Waals surface area contributed by atoms with E-state index in [1.807, 2.05) is 30.3 Å². The second-order valence-electron chi connectivity index (χ2n) is 3.46. The zero-order chi connectivity index (χ0) is 11.8. The first kappa shape index (κ1) is 10.4. The van der Waals surface area contributed by atoms with Crippen molar-refractivity contribution < 1.29 is 0 Å². The summed E-state index contributed by atoms with van der Waals surface area (Å²) in [5, 5.41) is 2.79. The Labute approximate surface area is 103 Å². The topological polar surface area (TPSA) is 62.3 Å². The van der Waals surface area contributed by atoms with Crippen molar-refractivity contribution >= 4 is 26.4 Å². The first-order valence-electron chi connectivity index (χ1n) is 4.85. The molecule has 1 aromatic carbocycles. The Morgan fingerprint density at radius 3 is 2.47 bits per heavy atom. The van der Waals surface area contributed by atoms with Crippen LogP contribution in [0.3, 0.4) is 0 Å². The van der Waals surface area contributed by atoms with Gasteiger partial charge in [0.15, 0.2) is 5.69 Å². The van der Waals surface area contributed by atoms with Crippen LogP contribution in [0.4, 0.5) is 5.69 Å². The molecule has 0 amide bonds. The van der Waals surface area contributed by atoms with Crippen molar-refractivity contribution in [3.05, 3.63) is 45.6 Å². The van der Waals surface area contributed by atoms with Gasteiger partial charge in [0.2, 0.25) is 0 Å². The van der Waals surface area contributed by atoms with Gasteiger partial charge >= 0.3 is 0 Å². The Balaban J connectivity index is 2.25. The maximum Gasteiger partial charge on any atom is 0.279 e. The zero-order valence-electron chi connectivity index (χ0n) is 8.47. The van der Waals surface area contributed by atoms with E-state index in [0.717, 1.165) is 10.4 Å². The van der Waals surface area contributed by atoms with Crippen LogP contribution in [-0.2, 0) is 0 Å². The molecule has 0 aromatic heterocycles. The summed E-state index contributed by atoms with van der Waals surface area (Å²) in [6.07, 6.45) is 0. The smallest absolute Gasteiger partial charge is 0.279 e. The van der Waals surface area contributed by atoms with Gasteiger partial charge in [0.05, 0.1) is 15.4 Å². The first-order valence-corrected chi connectivity index (χ1v) is 7.00. The van der Waals surface area contributed by atoms with E-state index in [4.69, 9.17) is 0 Å². The van der Waals surface area contributed by atoms with E-state index >= 15 is 0 Å². The molecule has 17 heavy (non-hydrogen) atoms. The molecule has 1 aromatic rings. The quantitative estimate of drug-likeness (QED) is 0.565. The predicted molar refractivity (Wildman–Crippen MR) is 70.3 cm³/mol. The van der Waals surface area contributed by atoms with Crippen molar-refractivity contribution in [2.45, 2.75) is 0 Å². The molecule has 0 bridgehead atoms. The second-order valence-corrected chi connectivity index (χ2v) is 5.61. The predicted octanol–water partition coefficient (Wildman–Crippen LogP) is 3.67. The Kier molecular flexibility index (Phi) is 2.38. The van der Waals surface area contributed by atoms with Crippen LogP contribution >= 0.6 is 20.7 Å². The standard InChI is InChI=1S/C11H6N2O2S2/c14-11-8(13-15)10-7(12-11)9(16-17-10)6-4-2-1-3-5-6/h1-5H,(H,12,14). The third kappa shape index (κ3) is 1.53. The Hall–Kier alpha value is -1.79. The normalized spacial score (nSPS) is 10.8. The molecule has 2 aliphatic rings. The summed E-state index contributed by atoms with van der Waals surface area (Å²) in [5.41, 5.74) is 1.32. The Morgan fingerprint density at radius 1 is 1.06 bits per heavy atom. The van der Waals surface area contributed by atoms with Crippen molar-refractivity contribution in [2.24, 2.45) is 5.18 Å². The van der Waals surface area contributed by atoms with Crippen LogP contribution in [-0.4, -0.2) is 4.98 Å². The van der Waals surface area contributed by atoms with Crippen LogP contribution in [0.5, 0.6) is 0 Å². The van der Waals surface area contributed by atoms with Crippen molar-refractivity contribution in [2.75, 3.05) is 0 Å². The molecule has 0 spiro atoms. The molecule has 0 atom stereocenters. The molecular formula is C11H6N2O2S2. The minimum Gasteiger partial charge on any atom is -0.318 e. The number of fused-ring (bicyclic) bond motifs is 1. The Morgan fingerprint density at radius 2 is 1.76 bits per heavy atom. The number of nitrogens with one attached hydrogen (secondary N) is 1. The van der Waals surface area contributed by atoms with E-state index in [1.54, 1.807) is 0 Å². The lowest BCUT2D eigenvalue weighted by atomic mass is 10.1. The van der Waals surface area contributed by atoms with Gasteiger partial charge in [0, 0.05) is 0 Å². The number of benzene rings is 1. The minimum atomic E-state index is -0.411. The van der Waals surface area contributed by atoms with E-state index in [0.29, 0.717) is 10.6 Å². The molecule has 84 valence electrons. The summed E-state index contributed by atoms with van der Waals surface area (Å²) in [6.45, 7) is 0. The molecule has 2 aliphatic heterocycles. The summed E-state index contributed by atoms with van der Waals surface area (Å²) < 4.78 is 0. The van der Waals surface area contributed by atoms with Crippen molar-refractivity contribution in [3.8, 4) is 21.0 Å². The van der Waals surface area contributed by atoms with Gasteiger partial charge in [-0.25, -0.2) is 0 Å². The highest BCUT2D eigenvalue weighted by molar-refractivity contribution is 7.72. The zero-order valence-corrected chi connectivity index (χ0v) is 10.1. The molecule has 1 N–H and O–H groups in total. The van der Waals surface area contributed by atoms with E-state index < -0.39 is 5.56 Å². The number of H-pyrrole nitrogens is 1. The van der Waals surface area contributed by atoms with Crippen LogP contribution in [0.2, 0.25) is 0 Å². The molecule has 2 heterocycles. The summed E-state index contributed by atoms with van der Waals surface area (Å²) in [7, 11) is 2.93. The molecule has 0 saturated carbocycles. The lowest BCUT2D eigenvalue weighted by Crippen LogP contribution is -1.95. The number of nitroso groups, excluding NO2 is 1. The highest BCUT2D eigenvalue weighted by Gasteiger charge is 2.23. The molecule has 0 unspecified atom stereocenters. The third-order valence-corrected chi connectivity index (χ3v) is 4.96. The van der Waals surface area contributed by atoms with E-state index in [2.05, 4.69) is 10.2 Å². The molecular weight excluding hydrogens is 256 g/mol. The van der Waals surface area contributed by atoms with E-state index in [9.17, 15) is 9.70 Å². The van der Waals surface area contributed by atoms with Gasteiger partial charge in [-0.15, -0.1) is 4.91 Å². The van der Waals surface area contributed by atoms with Gasteiger partial charge in [-0.1, -0.05) is 51.0 Å². The fourth-order valence-corrected chi connectivity index (χ4v) is 4.35. The summed E-state index contributed by atoms with van der Waals surface area (Å²) in [4.78, 5) is 26.4. The molecule has 6 heteroatoms. The fourth-order valence-electron chi connectivity index (χ4n) is 1.68. The largest absolute Gasteiger partial charge is 0.318 e. The van der Waals surface area contributed by atoms with Gasteiger partial charge < -0.3 is 4.98 Å². The van der Waals surface area contributed by atoms with Crippen LogP contribution in [0.15, 0.2) is 40.3 Å². The highest BCUT2D eigenvalue weighted by atomic mass is 32.9. The SMILES string of the molecule is O=Nc1c2ssc(-c3ccccc3)c-2[nH]c1=O. The molecule has 0 aliphatic carbocycles. The number of hydrogen-bond donors (Lipinski definition) is 1. The molecule has 0 fully saturated rings. The van der Waals surface area contributed by atoms with E-state index in [1.165, 1.54) is 20.7 Å². The van der Waals surface area contributed by atoms with Crippen molar-refractivity contribution in [3.63, 3.8) is 0 Å². The number of aromatic nitrogens is 1. The number of rotatable bonds is 2. The Bertz CT molecular complexity index is 696. The lowest BCUT2D eigenvalue weighted by molar-refractivity contribution is 1.31. The van der Waals surface area contributed by atoms with Gasteiger partial charge in [0.25, 0.3) is 5.56 Å². The average Bonchev–Trinajstić information content (AvgIpc) is 2.87. The maximum absolute atomic E-state index is 11.5. The van der Waals surface area contributed by atoms with Crippen LogP contribution in [0, 0.1) is 4.91 Å². The second kappa shape index (κ2) is 3.90. The molecule has 0 saturated heterocycles. The van der Waals surface area contributed by atoms with Crippen LogP contribution in [0.25, 0.3) is 21.0 Å². The van der Waals surface area contributed by atoms with Crippen LogP contribution < -0.4 is 5.56 Å². The van der Waals surface area contributed by atoms with Crippen LogP contribution in [0.1, 0.15) is 0 Å². The number of nitrogens with zero attached hydrogens (tertiary/aromatic N) is 1.